The van der Waals surface area contributed by atoms with Crippen molar-refractivity contribution in [2.24, 2.45) is 0 Å². The predicted octanol–water partition coefficient (Wildman–Crippen LogP) is 2.62. The van der Waals surface area contributed by atoms with Crippen molar-refractivity contribution in [1.82, 2.24) is 15.8 Å². The lowest BCUT2D eigenvalue weighted by molar-refractivity contribution is -0.122. The van der Waals surface area contributed by atoms with E-state index < -0.39 is 0 Å². The van der Waals surface area contributed by atoms with Crippen LogP contribution in [0.2, 0.25) is 5.02 Å². The molecule has 7 heteroatoms. The van der Waals surface area contributed by atoms with E-state index in [4.69, 9.17) is 16.1 Å². The van der Waals surface area contributed by atoms with Crippen LogP contribution in [0.3, 0.4) is 0 Å². The summed E-state index contributed by atoms with van der Waals surface area (Å²) in [5, 5.41) is 10.3. The number of halogens is 1. The average molecular weight is 362 g/mol. The maximum atomic E-state index is 12.1. The number of amides is 2. The normalized spacial score (nSPS) is 19.6. The molecule has 1 saturated heterocycles. The van der Waals surface area contributed by atoms with Crippen molar-refractivity contribution in [1.29, 1.82) is 0 Å². The van der Waals surface area contributed by atoms with Crippen molar-refractivity contribution in [3.8, 4) is 0 Å². The van der Waals surface area contributed by atoms with E-state index in [0.29, 0.717) is 42.9 Å². The third kappa shape index (κ3) is 4.82. The summed E-state index contributed by atoms with van der Waals surface area (Å²) in [5.74, 6) is -0.0309. The minimum Gasteiger partial charge on any atom is -0.364 e. The molecule has 0 saturated carbocycles. The van der Waals surface area contributed by atoms with Gasteiger partial charge in [-0.1, -0.05) is 28.9 Å². The summed E-state index contributed by atoms with van der Waals surface area (Å²) >= 11 is 5.93. The summed E-state index contributed by atoms with van der Waals surface area (Å²) in [6.45, 7) is 0.339. The van der Waals surface area contributed by atoms with Crippen molar-refractivity contribution < 1.29 is 14.1 Å². The molecule has 6 nitrogen and oxygen atoms in total. The second-order valence-corrected chi connectivity index (χ2v) is 6.84. The number of aromatic nitrogens is 1. The lowest BCUT2D eigenvalue weighted by atomic mass is 9.85. The largest absolute Gasteiger partial charge is 0.364 e. The maximum absolute atomic E-state index is 12.1. The fourth-order valence-corrected chi connectivity index (χ4v) is 3.26. The van der Waals surface area contributed by atoms with Gasteiger partial charge in [-0.2, -0.15) is 0 Å². The highest BCUT2D eigenvalue weighted by molar-refractivity contribution is 6.30. The molecule has 2 aromatic rings. The number of nitrogens with zero attached hydrogens (tertiary/aromatic N) is 1. The molecule has 1 aromatic heterocycles. The number of benzene rings is 1. The average Bonchev–Trinajstić information content (AvgIpc) is 3.24. The molecule has 132 valence electrons. The third-order valence-electron chi connectivity index (χ3n) is 4.48. The van der Waals surface area contributed by atoms with E-state index in [2.05, 4.69) is 15.8 Å². The zero-order valence-electron chi connectivity index (χ0n) is 13.8. The van der Waals surface area contributed by atoms with Crippen LogP contribution in [0.4, 0.5) is 0 Å². The summed E-state index contributed by atoms with van der Waals surface area (Å²) in [6.07, 6.45) is 4.31. The molecule has 3 rings (SSSR count). The summed E-state index contributed by atoms with van der Waals surface area (Å²) in [5.41, 5.74) is 1.39. The van der Waals surface area contributed by atoms with Crippen LogP contribution >= 0.6 is 11.6 Å². The number of rotatable bonds is 7. The first-order valence-electron chi connectivity index (χ1n) is 8.26. The van der Waals surface area contributed by atoms with Crippen LogP contribution in [0.1, 0.15) is 36.9 Å². The Labute approximate surface area is 150 Å². The molecular formula is C18H20ClN3O3. The molecule has 0 bridgehead atoms. The minimum atomic E-state index is -0.379. The van der Waals surface area contributed by atoms with E-state index in [1.54, 1.807) is 6.07 Å². The highest BCUT2D eigenvalue weighted by Crippen LogP contribution is 2.30. The van der Waals surface area contributed by atoms with Crippen molar-refractivity contribution in [3.05, 3.63) is 52.9 Å². The van der Waals surface area contributed by atoms with Crippen LogP contribution < -0.4 is 10.6 Å². The van der Waals surface area contributed by atoms with Gasteiger partial charge in [0.1, 0.15) is 12.0 Å². The van der Waals surface area contributed by atoms with Crippen LogP contribution in [0.25, 0.3) is 0 Å². The van der Waals surface area contributed by atoms with E-state index in [0.717, 1.165) is 12.0 Å². The van der Waals surface area contributed by atoms with E-state index >= 15 is 0 Å². The molecule has 1 aromatic carbocycles. The van der Waals surface area contributed by atoms with Gasteiger partial charge in [0, 0.05) is 29.5 Å². The first-order chi connectivity index (χ1) is 12.0. The van der Waals surface area contributed by atoms with Gasteiger partial charge in [-0.05, 0) is 37.0 Å². The Morgan fingerprint density at radius 3 is 2.76 bits per heavy atom. The zero-order chi connectivity index (χ0) is 17.7. The maximum Gasteiger partial charge on any atom is 0.220 e. The Morgan fingerprint density at radius 2 is 2.12 bits per heavy atom. The number of carbonyl (C=O) groups is 2. The highest BCUT2D eigenvalue weighted by Gasteiger charge is 2.37. The molecule has 25 heavy (non-hydrogen) atoms. The molecule has 1 atom stereocenters. The molecule has 0 aliphatic carbocycles. The second kappa shape index (κ2) is 7.70. The number of hydrogen-bond donors (Lipinski definition) is 2. The summed E-state index contributed by atoms with van der Waals surface area (Å²) < 4.78 is 4.73. The zero-order valence-corrected chi connectivity index (χ0v) is 14.5. The van der Waals surface area contributed by atoms with Gasteiger partial charge in [-0.3, -0.25) is 9.59 Å². The van der Waals surface area contributed by atoms with Crippen LogP contribution in [-0.4, -0.2) is 22.5 Å². The molecule has 0 radical (unpaired) electrons. The lowest BCUT2D eigenvalue weighted by Crippen LogP contribution is -2.44. The lowest BCUT2D eigenvalue weighted by Gasteiger charge is -2.29. The molecule has 1 aliphatic rings. The standard InChI is InChI=1S/C18H20ClN3O3/c19-14-3-1-13(2-4-14)11-18(9-6-17(24)21-18)8-5-16(23)20-12-15-7-10-25-22-15/h1-4,7,10H,5-6,8-9,11-12H2,(H,20,23)(H,21,24)/t18-/m1/s1. The van der Waals surface area contributed by atoms with Gasteiger partial charge in [-0.15, -0.1) is 0 Å². The number of hydrogen-bond acceptors (Lipinski definition) is 4. The highest BCUT2D eigenvalue weighted by atomic mass is 35.5. The van der Waals surface area contributed by atoms with E-state index in [1.165, 1.54) is 6.26 Å². The Morgan fingerprint density at radius 1 is 1.32 bits per heavy atom. The topological polar surface area (TPSA) is 84.2 Å². The van der Waals surface area contributed by atoms with Gasteiger partial charge in [0.15, 0.2) is 0 Å². The second-order valence-electron chi connectivity index (χ2n) is 6.40. The van der Waals surface area contributed by atoms with Crippen molar-refractivity contribution in [2.75, 3.05) is 0 Å². The quantitative estimate of drug-likeness (QED) is 0.794. The van der Waals surface area contributed by atoms with Crippen molar-refractivity contribution in [3.63, 3.8) is 0 Å². The van der Waals surface area contributed by atoms with Crippen molar-refractivity contribution >= 4 is 23.4 Å². The molecule has 1 aliphatic heterocycles. The fraction of sp³-hybridized carbons (Fsp3) is 0.389. The molecule has 1 fully saturated rings. The van der Waals surface area contributed by atoms with Crippen LogP contribution in [0.15, 0.2) is 41.1 Å². The van der Waals surface area contributed by atoms with Gasteiger partial charge in [-0.25, -0.2) is 0 Å². The van der Waals surface area contributed by atoms with Crippen molar-refractivity contribution in [2.45, 2.75) is 44.2 Å². The third-order valence-corrected chi connectivity index (χ3v) is 4.73. The SMILES string of the molecule is O=C(CC[C@]1(Cc2ccc(Cl)cc2)CCC(=O)N1)NCc1ccon1. The van der Waals surface area contributed by atoms with E-state index in [-0.39, 0.29) is 17.4 Å². The summed E-state index contributed by atoms with van der Waals surface area (Å²) in [4.78, 5) is 23.9. The monoisotopic (exact) mass is 361 g/mol. The minimum absolute atomic E-state index is 0.0389. The molecule has 2 amide bonds. The number of nitrogens with one attached hydrogen (secondary N) is 2. The van der Waals surface area contributed by atoms with Crippen LogP contribution in [0.5, 0.6) is 0 Å². The van der Waals surface area contributed by atoms with Gasteiger partial charge in [0.25, 0.3) is 0 Å². The molecule has 0 spiro atoms. The fourth-order valence-electron chi connectivity index (χ4n) is 3.13. The first-order valence-corrected chi connectivity index (χ1v) is 8.64. The van der Waals surface area contributed by atoms with Crippen LogP contribution in [-0.2, 0) is 22.6 Å². The molecule has 2 N–H and O–H groups in total. The Kier molecular flexibility index (Phi) is 5.38. The van der Waals surface area contributed by atoms with Gasteiger partial charge >= 0.3 is 0 Å². The molecular weight excluding hydrogens is 342 g/mol. The molecule has 0 unspecified atom stereocenters. The van der Waals surface area contributed by atoms with E-state index in [9.17, 15) is 9.59 Å². The van der Waals surface area contributed by atoms with Gasteiger partial charge < -0.3 is 15.2 Å². The van der Waals surface area contributed by atoms with Gasteiger partial charge in [0.2, 0.25) is 11.8 Å². The molecule has 2 heterocycles. The Bertz CT molecular complexity index is 731. The smallest absolute Gasteiger partial charge is 0.220 e. The number of carbonyl (C=O) groups excluding carboxylic acids is 2. The van der Waals surface area contributed by atoms with Gasteiger partial charge in [0.05, 0.1) is 6.54 Å². The predicted molar refractivity (Wildman–Crippen MR) is 92.8 cm³/mol. The van der Waals surface area contributed by atoms with E-state index in [1.807, 2.05) is 24.3 Å². The summed E-state index contributed by atoms with van der Waals surface area (Å²) in [7, 11) is 0. The summed E-state index contributed by atoms with van der Waals surface area (Å²) in [6, 6.07) is 9.30. The Balaban J connectivity index is 1.57. The van der Waals surface area contributed by atoms with Crippen LogP contribution in [0, 0.1) is 0 Å². The first kappa shape index (κ1) is 17.5. The Hall–Kier alpha value is -2.34.